The molecule has 2 aromatic rings. The average molecular weight is 292 g/mol. The van der Waals surface area contributed by atoms with Gasteiger partial charge in [0.25, 0.3) is 0 Å². The molecule has 0 bridgehead atoms. The fraction of sp³-hybridized carbons (Fsp3) is 0.176. The van der Waals surface area contributed by atoms with Crippen LogP contribution in [-0.4, -0.2) is 6.18 Å². The van der Waals surface area contributed by atoms with E-state index < -0.39 is 12.0 Å². The Morgan fingerprint density at radius 1 is 0.952 bits per heavy atom. The van der Waals surface area contributed by atoms with Gasteiger partial charge >= 0.3 is 6.18 Å². The third-order valence-electron chi connectivity index (χ3n) is 3.00. The summed E-state index contributed by atoms with van der Waals surface area (Å²) in [6, 6.07) is 11.6. The maximum atomic E-state index is 13.8. The van der Waals surface area contributed by atoms with Crippen LogP contribution in [0.15, 0.2) is 42.5 Å². The Morgan fingerprint density at radius 3 is 2.10 bits per heavy atom. The maximum absolute atomic E-state index is 13.8. The summed E-state index contributed by atoms with van der Waals surface area (Å²) in [6.07, 6.45) is -3.72. The zero-order chi connectivity index (χ0) is 15.5. The quantitative estimate of drug-likeness (QED) is 0.541. The minimum Gasteiger partial charge on any atom is -0.206 e. The monoisotopic (exact) mass is 292 g/mol. The first-order valence-corrected chi connectivity index (χ1v) is 6.38. The third-order valence-corrected chi connectivity index (χ3v) is 3.00. The van der Waals surface area contributed by atoms with Crippen molar-refractivity contribution in [2.75, 3.05) is 0 Å². The van der Waals surface area contributed by atoms with Gasteiger partial charge in [-0.2, -0.15) is 13.2 Å². The molecule has 0 atom stereocenters. The second-order valence-corrected chi connectivity index (χ2v) is 4.49. The van der Waals surface area contributed by atoms with E-state index in [2.05, 4.69) is 0 Å². The van der Waals surface area contributed by atoms with Crippen molar-refractivity contribution in [3.05, 3.63) is 59.4 Å². The molecule has 0 fully saturated rings. The van der Waals surface area contributed by atoms with Gasteiger partial charge in [0.2, 0.25) is 0 Å². The Kier molecular flexibility index (Phi) is 4.32. The molecule has 0 heterocycles. The predicted octanol–water partition coefficient (Wildman–Crippen LogP) is 4.97. The second-order valence-electron chi connectivity index (χ2n) is 4.49. The lowest BCUT2D eigenvalue weighted by Gasteiger charge is -2.04. The topological polar surface area (TPSA) is 0 Å². The van der Waals surface area contributed by atoms with Crippen molar-refractivity contribution >= 4 is 0 Å². The summed E-state index contributed by atoms with van der Waals surface area (Å²) in [6.45, 7) is 2.03. The van der Waals surface area contributed by atoms with Crippen molar-refractivity contribution in [3.8, 4) is 23.0 Å². The molecule has 0 unspecified atom stereocenters. The third kappa shape index (κ3) is 4.09. The highest BCUT2D eigenvalue weighted by Crippen LogP contribution is 2.23. The van der Waals surface area contributed by atoms with Crippen LogP contribution < -0.4 is 0 Å². The minimum absolute atomic E-state index is 0.263. The van der Waals surface area contributed by atoms with Crippen LogP contribution in [0, 0.1) is 17.7 Å². The van der Waals surface area contributed by atoms with Crippen LogP contribution in [-0.2, 0) is 6.42 Å². The van der Waals surface area contributed by atoms with Crippen molar-refractivity contribution in [2.45, 2.75) is 19.5 Å². The molecule has 108 valence electrons. The average Bonchev–Trinajstić information content (AvgIpc) is 2.45. The molecule has 0 N–H and O–H groups in total. The summed E-state index contributed by atoms with van der Waals surface area (Å²) in [5.41, 5.74) is 2.31. The highest BCUT2D eigenvalue weighted by molar-refractivity contribution is 5.65. The van der Waals surface area contributed by atoms with E-state index in [4.69, 9.17) is 0 Å². The van der Waals surface area contributed by atoms with E-state index >= 15 is 0 Å². The maximum Gasteiger partial charge on any atom is 0.458 e. The number of benzene rings is 2. The lowest BCUT2D eigenvalue weighted by Crippen LogP contribution is -2.01. The molecular weight excluding hydrogens is 280 g/mol. The molecule has 2 rings (SSSR count). The Bertz CT molecular complexity index is 685. The molecule has 0 aliphatic carbocycles. The lowest BCUT2D eigenvalue weighted by atomic mass is 10.0. The van der Waals surface area contributed by atoms with E-state index in [-0.39, 0.29) is 5.56 Å². The van der Waals surface area contributed by atoms with Crippen LogP contribution in [0.5, 0.6) is 0 Å². The van der Waals surface area contributed by atoms with Gasteiger partial charge in [0.05, 0.1) is 5.56 Å². The zero-order valence-electron chi connectivity index (χ0n) is 11.3. The van der Waals surface area contributed by atoms with Gasteiger partial charge in [0.15, 0.2) is 0 Å². The highest BCUT2D eigenvalue weighted by Gasteiger charge is 2.23. The molecule has 2 aromatic carbocycles. The van der Waals surface area contributed by atoms with Gasteiger partial charge in [-0.15, -0.1) is 0 Å². The molecular formula is C17H12F4. The van der Waals surface area contributed by atoms with E-state index in [1.54, 1.807) is 12.0 Å². The van der Waals surface area contributed by atoms with Gasteiger partial charge in [-0.3, -0.25) is 0 Å². The molecule has 4 heteroatoms. The van der Waals surface area contributed by atoms with Gasteiger partial charge < -0.3 is 0 Å². The number of hydrogen-bond acceptors (Lipinski definition) is 0. The summed E-state index contributed by atoms with van der Waals surface area (Å²) in [7, 11) is 0. The summed E-state index contributed by atoms with van der Waals surface area (Å²) in [5, 5.41) is 0. The molecule has 0 aliphatic heterocycles. The number of hydrogen-bond donors (Lipinski definition) is 0. The molecule has 0 aromatic heterocycles. The first kappa shape index (κ1) is 15.1. The molecule has 0 radical (unpaired) electrons. The molecule has 0 nitrogen and oxygen atoms in total. The van der Waals surface area contributed by atoms with E-state index in [0.717, 1.165) is 23.5 Å². The summed E-state index contributed by atoms with van der Waals surface area (Å²) < 4.78 is 49.8. The van der Waals surface area contributed by atoms with Crippen LogP contribution in [0.1, 0.15) is 18.1 Å². The fourth-order valence-electron chi connectivity index (χ4n) is 1.87. The molecule has 0 spiro atoms. The van der Waals surface area contributed by atoms with Gasteiger partial charge in [0, 0.05) is 5.92 Å². The highest BCUT2D eigenvalue weighted by atomic mass is 19.4. The van der Waals surface area contributed by atoms with Crippen molar-refractivity contribution in [2.24, 2.45) is 0 Å². The number of aryl methyl sites for hydroxylation is 1. The van der Waals surface area contributed by atoms with Crippen molar-refractivity contribution in [1.82, 2.24) is 0 Å². The van der Waals surface area contributed by atoms with Crippen LogP contribution in [0.3, 0.4) is 0 Å². The van der Waals surface area contributed by atoms with E-state index in [1.807, 2.05) is 31.2 Å². The number of alkyl halides is 3. The van der Waals surface area contributed by atoms with Crippen LogP contribution in [0.4, 0.5) is 17.6 Å². The van der Waals surface area contributed by atoms with Crippen LogP contribution in [0.25, 0.3) is 11.1 Å². The molecule has 21 heavy (non-hydrogen) atoms. The fourth-order valence-corrected chi connectivity index (χ4v) is 1.87. The largest absolute Gasteiger partial charge is 0.458 e. The SMILES string of the molecule is CCc1ccc(-c2ccc(C#CC(F)(F)F)c(F)c2)cc1. The first-order valence-electron chi connectivity index (χ1n) is 6.38. The Morgan fingerprint density at radius 2 is 1.57 bits per heavy atom. The minimum atomic E-state index is -4.62. The van der Waals surface area contributed by atoms with Crippen LogP contribution in [0.2, 0.25) is 0 Å². The van der Waals surface area contributed by atoms with Crippen molar-refractivity contribution < 1.29 is 17.6 Å². The normalized spacial score (nSPS) is 10.9. The standard InChI is InChI=1S/C17H12F4/c1-2-12-3-5-13(6-4-12)15-8-7-14(16(18)11-15)9-10-17(19,20)21/h3-8,11H,2H2,1H3. The Balaban J connectivity index is 2.31. The summed E-state index contributed by atoms with van der Waals surface area (Å²) >= 11 is 0. The molecule has 0 aliphatic rings. The first-order chi connectivity index (χ1) is 9.89. The van der Waals surface area contributed by atoms with Gasteiger partial charge in [-0.05, 0) is 35.2 Å². The van der Waals surface area contributed by atoms with Crippen molar-refractivity contribution in [3.63, 3.8) is 0 Å². The Hall–Kier alpha value is -2.28. The van der Waals surface area contributed by atoms with E-state index in [1.165, 1.54) is 12.1 Å². The predicted molar refractivity (Wildman–Crippen MR) is 74.1 cm³/mol. The molecule has 0 amide bonds. The molecule has 0 saturated carbocycles. The zero-order valence-corrected chi connectivity index (χ0v) is 11.3. The second kappa shape index (κ2) is 6.01. The van der Waals surface area contributed by atoms with Gasteiger partial charge in [0.1, 0.15) is 5.82 Å². The van der Waals surface area contributed by atoms with E-state index in [0.29, 0.717) is 5.56 Å². The lowest BCUT2D eigenvalue weighted by molar-refractivity contribution is -0.0696. The van der Waals surface area contributed by atoms with Gasteiger partial charge in [-0.1, -0.05) is 43.2 Å². The van der Waals surface area contributed by atoms with E-state index in [9.17, 15) is 17.6 Å². The summed E-state index contributed by atoms with van der Waals surface area (Å²) in [5.74, 6) is 2.10. The Labute approximate surface area is 120 Å². The molecule has 0 saturated heterocycles. The van der Waals surface area contributed by atoms with Gasteiger partial charge in [-0.25, -0.2) is 4.39 Å². The smallest absolute Gasteiger partial charge is 0.206 e. The summed E-state index contributed by atoms with van der Waals surface area (Å²) in [4.78, 5) is 0. The number of rotatable bonds is 2. The van der Waals surface area contributed by atoms with Crippen molar-refractivity contribution in [1.29, 1.82) is 0 Å². The number of halogens is 4. The van der Waals surface area contributed by atoms with Crippen LogP contribution >= 0.6 is 0 Å².